The summed E-state index contributed by atoms with van der Waals surface area (Å²) >= 11 is 1.35. The van der Waals surface area contributed by atoms with Gasteiger partial charge < -0.3 is 9.47 Å². The third kappa shape index (κ3) is 5.15. The molecule has 132 valence electrons. The molecule has 6 nitrogen and oxygen atoms in total. The zero-order valence-electron chi connectivity index (χ0n) is 14.2. The Kier molecular flexibility index (Phi) is 6.71. The minimum Gasteiger partial charge on any atom is -0.490 e. The normalized spacial score (nSPS) is 10.2. The standard InChI is InChI=1S/C18H20N2O4S/c1-4-10-23-16-8-6-14(7-9-16)17(22)24-11-15-12-25-18(19-15)20(5-2)13(3)21/h4,6-9,12H,1,5,10-11H2,2-3H3. The van der Waals surface area contributed by atoms with Crippen LogP contribution in [0.15, 0.2) is 42.3 Å². The van der Waals surface area contributed by atoms with Gasteiger partial charge in [-0.15, -0.1) is 11.3 Å². The Bertz CT molecular complexity index is 740. The number of hydrogen-bond donors (Lipinski definition) is 0. The van der Waals surface area contributed by atoms with Gasteiger partial charge in [-0.25, -0.2) is 9.78 Å². The molecule has 1 aromatic carbocycles. The van der Waals surface area contributed by atoms with Crippen molar-refractivity contribution >= 4 is 28.3 Å². The second-order valence-electron chi connectivity index (χ2n) is 5.08. The van der Waals surface area contributed by atoms with Crippen molar-refractivity contribution in [2.45, 2.75) is 20.5 Å². The predicted molar refractivity (Wildman–Crippen MR) is 97.1 cm³/mol. The Morgan fingerprint density at radius 2 is 2.04 bits per heavy atom. The van der Waals surface area contributed by atoms with Crippen LogP contribution in [-0.4, -0.2) is 30.0 Å². The van der Waals surface area contributed by atoms with Crippen molar-refractivity contribution in [3.05, 3.63) is 53.6 Å². The summed E-state index contributed by atoms with van der Waals surface area (Å²) in [6.07, 6.45) is 1.65. The summed E-state index contributed by atoms with van der Waals surface area (Å²) in [6.45, 7) is 7.96. The van der Waals surface area contributed by atoms with Crippen molar-refractivity contribution in [3.8, 4) is 5.75 Å². The molecule has 0 radical (unpaired) electrons. The highest BCUT2D eigenvalue weighted by Crippen LogP contribution is 2.21. The van der Waals surface area contributed by atoms with Gasteiger partial charge in [-0.2, -0.15) is 0 Å². The van der Waals surface area contributed by atoms with Crippen molar-refractivity contribution in [1.82, 2.24) is 4.98 Å². The summed E-state index contributed by atoms with van der Waals surface area (Å²) in [4.78, 5) is 29.5. The molecule has 0 saturated carbocycles. The summed E-state index contributed by atoms with van der Waals surface area (Å²) in [7, 11) is 0. The summed E-state index contributed by atoms with van der Waals surface area (Å²) in [5, 5.41) is 2.38. The lowest BCUT2D eigenvalue weighted by Crippen LogP contribution is -2.27. The highest BCUT2D eigenvalue weighted by atomic mass is 32.1. The van der Waals surface area contributed by atoms with Gasteiger partial charge in [0.2, 0.25) is 5.91 Å². The Labute approximate surface area is 150 Å². The average molecular weight is 360 g/mol. The lowest BCUT2D eigenvalue weighted by atomic mass is 10.2. The van der Waals surface area contributed by atoms with Crippen LogP contribution in [0.2, 0.25) is 0 Å². The van der Waals surface area contributed by atoms with E-state index >= 15 is 0 Å². The van der Waals surface area contributed by atoms with Gasteiger partial charge in [-0.05, 0) is 31.2 Å². The third-order valence-electron chi connectivity index (χ3n) is 3.28. The van der Waals surface area contributed by atoms with E-state index in [-0.39, 0.29) is 12.5 Å². The van der Waals surface area contributed by atoms with Gasteiger partial charge >= 0.3 is 5.97 Å². The first-order chi connectivity index (χ1) is 12.0. The van der Waals surface area contributed by atoms with E-state index in [1.807, 2.05) is 6.92 Å². The van der Waals surface area contributed by atoms with E-state index in [1.165, 1.54) is 18.3 Å². The molecule has 1 heterocycles. The first kappa shape index (κ1) is 18.7. The maximum Gasteiger partial charge on any atom is 0.338 e. The second kappa shape index (κ2) is 8.98. The molecule has 0 aliphatic heterocycles. The zero-order chi connectivity index (χ0) is 18.2. The summed E-state index contributed by atoms with van der Waals surface area (Å²) in [6, 6.07) is 6.68. The molecule has 7 heteroatoms. The molecule has 2 rings (SSSR count). The van der Waals surface area contributed by atoms with Gasteiger partial charge in [0.1, 0.15) is 19.0 Å². The van der Waals surface area contributed by atoms with Crippen LogP contribution in [0.4, 0.5) is 5.13 Å². The van der Waals surface area contributed by atoms with Crippen LogP contribution in [0.1, 0.15) is 29.9 Å². The topological polar surface area (TPSA) is 68.7 Å². The number of thiazole rings is 1. The number of nitrogens with zero attached hydrogens (tertiary/aromatic N) is 2. The molecule has 25 heavy (non-hydrogen) atoms. The van der Waals surface area contributed by atoms with Crippen LogP contribution in [0.25, 0.3) is 0 Å². The number of carbonyl (C=O) groups excluding carboxylic acids is 2. The number of hydrogen-bond acceptors (Lipinski definition) is 6. The van der Waals surface area contributed by atoms with Crippen molar-refractivity contribution in [1.29, 1.82) is 0 Å². The molecule has 0 saturated heterocycles. The van der Waals surface area contributed by atoms with E-state index in [9.17, 15) is 9.59 Å². The molecule has 0 fully saturated rings. The number of carbonyl (C=O) groups is 2. The minimum absolute atomic E-state index is 0.0551. The van der Waals surface area contributed by atoms with Crippen LogP contribution in [-0.2, 0) is 16.1 Å². The van der Waals surface area contributed by atoms with E-state index in [0.717, 1.165) is 0 Å². The molecular formula is C18H20N2O4S. The monoisotopic (exact) mass is 360 g/mol. The molecule has 2 aromatic rings. The average Bonchev–Trinajstić information content (AvgIpc) is 3.07. The summed E-state index contributed by atoms with van der Waals surface area (Å²) in [5.41, 5.74) is 1.04. The number of ether oxygens (including phenoxy) is 2. The van der Waals surface area contributed by atoms with Gasteiger partial charge in [0.05, 0.1) is 11.3 Å². The molecule has 0 aliphatic rings. The van der Waals surface area contributed by atoms with Gasteiger partial charge in [0.25, 0.3) is 0 Å². The molecule has 0 unspecified atom stereocenters. The van der Waals surface area contributed by atoms with Crippen LogP contribution in [0.5, 0.6) is 5.75 Å². The Morgan fingerprint density at radius 3 is 2.64 bits per heavy atom. The van der Waals surface area contributed by atoms with Gasteiger partial charge in [-0.1, -0.05) is 12.7 Å². The van der Waals surface area contributed by atoms with Gasteiger partial charge in [-0.3, -0.25) is 9.69 Å². The summed E-state index contributed by atoms with van der Waals surface area (Å²) in [5.74, 6) is 0.146. The summed E-state index contributed by atoms with van der Waals surface area (Å²) < 4.78 is 10.6. The predicted octanol–water partition coefficient (Wildman–Crippen LogP) is 3.44. The van der Waals surface area contributed by atoms with Crippen LogP contribution >= 0.6 is 11.3 Å². The Hall–Kier alpha value is -2.67. The SMILES string of the molecule is C=CCOc1ccc(C(=O)OCc2csc(N(CC)C(C)=O)n2)cc1. The van der Waals surface area contributed by atoms with E-state index in [0.29, 0.717) is 35.3 Å². The maximum atomic E-state index is 12.1. The van der Waals surface area contributed by atoms with Crippen LogP contribution in [0, 0.1) is 0 Å². The number of rotatable bonds is 8. The first-order valence-electron chi connectivity index (χ1n) is 7.78. The fraction of sp³-hybridized carbons (Fsp3) is 0.278. The highest BCUT2D eigenvalue weighted by molar-refractivity contribution is 7.14. The van der Waals surface area contributed by atoms with Crippen molar-refractivity contribution in [3.63, 3.8) is 0 Å². The van der Waals surface area contributed by atoms with Crippen LogP contribution < -0.4 is 9.64 Å². The van der Waals surface area contributed by atoms with E-state index in [4.69, 9.17) is 9.47 Å². The lowest BCUT2D eigenvalue weighted by Gasteiger charge is -2.14. The third-order valence-corrected chi connectivity index (χ3v) is 4.19. The molecule has 0 spiro atoms. The molecule has 0 atom stereocenters. The number of esters is 1. The van der Waals surface area contributed by atoms with Gasteiger partial charge in [0, 0.05) is 18.8 Å². The number of amides is 1. The maximum absolute atomic E-state index is 12.1. The smallest absolute Gasteiger partial charge is 0.338 e. The first-order valence-corrected chi connectivity index (χ1v) is 8.66. The molecule has 1 aromatic heterocycles. The zero-order valence-corrected chi connectivity index (χ0v) is 15.0. The quantitative estimate of drug-likeness (QED) is 0.533. The van der Waals surface area contributed by atoms with Crippen molar-refractivity contribution < 1.29 is 19.1 Å². The van der Waals surface area contributed by atoms with Crippen molar-refractivity contribution in [2.24, 2.45) is 0 Å². The second-order valence-corrected chi connectivity index (χ2v) is 5.92. The van der Waals surface area contributed by atoms with Crippen LogP contribution in [0.3, 0.4) is 0 Å². The lowest BCUT2D eigenvalue weighted by molar-refractivity contribution is -0.116. The highest BCUT2D eigenvalue weighted by Gasteiger charge is 2.14. The fourth-order valence-corrected chi connectivity index (χ4v) is 2.96. The van der Waals surface area contributed by atoms with E-state index < -0.39 is 5.97 Å². The molecule has 1 amide bonds. The van der Waals surface area contributed by atoms with E-state index in [2.05, 4.69) is 11.6 Å². The molecule has 0 aliphatic carbocycles. The number of benzene rings is 1. The minimum atomic E-state index is -0.441. The Morgan fingerprint density at radius 1 is 1.32 bits per heavy atom. The fourth-order valence-electron chi connectivity index (χ4n) is 2.04. The van der Waals surface area contributed by atoms with E-state index in [1.54, 1.807) is 40.6 Å². The molecular weight excluding hydrogens is 340 g/mol. The molecule has 0 N–H and O–H groups in total. The van der Waals surface area contributed by atoms with Crippen molar-refractivity contribution in [2.75, 3.05) is 18.1 Å². The Balaban J connectivity index is 1.92. The van der Waals surface area contributed by atoms with Gasteiger partial charge in [0.15, 0.2) is 5.13 Å². The number of aromatic nitrogens is 1. The largest absolute Gasteiger partial charge is 0.490 e. The molecule has 0 bridgehead atoms. The number of anilines is 1.